The van der Waals surface area contributed by atoms with E-state index in [1.54, 1.807) is 6.92 Å². The van der Waals surface area contributed by atoms with Crippen LogP contribution in [0.1, 0.15) is 20.3 Å². The van der Waals surface area contributed by atoms with Crippen molar-refractivity contribution >= 4 is 0 Å². The SMILES string of the molecule is CCC1(C)CN(C(F)COC)C(F)(F)N1C(F)COC. The van der Waals surface area contributed by atoms with Gasteiger partial charge in [-0.3, -0.25) is 0 Å². The number of hydrogen-bond acceptors (Lipinski definition) is 4. The van der Waals surface area contributed by atoms with E-state index in [1.165, 1.54) is 21.1 Å². The molecular weight excluding hydrogens is 280 g/mol. The number of methoxy groups -OCH3 is 2. The maximum absolute atomic E-state index is 14.4. The highest BCUT2D eigenvalue weighted by Gasteiger charge is 2.63. The van der Waals surface area contributed by atoms with Crippen LogP contribution >= 0.6 is 0 Å². The summed E-state index contributed by atoms with van der Waals surface area (Å²) in [7, 11) is 2.45. The third-order valence-electron chi connectivity index (χ3n) is 3.72. The van der Waals surface area contributed by atoms with Gasteiger partial charge in [0.05, 0.1) is 13.2 Å². The van der Waals surface area contributed by atoms with E-state index in [1.807, 2.05) is 0 Å². The zero-order chi connectivity index (χ0) is 15.6. The molecule has 0 amide bonds. The fraction of sp³-hybridized carbons (Fsp3) is 1.00. The van der Waals surface area contributed by atoms with Crippen LogP contribution in [0.2, 0.25) is 0 Å². The number of rotatable bonds is 7. The highest BCUT2D eigenvalue weighted by molar-refractivity contribution is 5.01. The van der Waals surface area contributed by atoms with Crippen LogP contribution < -0.4 is 0 Å². The molecule has 8 heteroatoms. The second-order valence-electron chi connectivity index (χ2n) is 5.14. The zero-order valence-corrected chi connectivity index (χ0v) is 12.2. The Morgan fingerprint density at radius 2 is 1.60 bits per heavy atom. The monoisotopic (exact) mass is 302 g/mol. The molecule has 120 valence electrons. The number of hydrogen-bond donors (Lipinski definition) is 0. The predicted molar refractivity (Wildman–Crippen MR) is 65.7 cm³/mol. The third kappa shape index (κ3) is 3.08. The van der Waals surface area contributed by atoms with Crippen LogP contribution in [0, 0.1) is 0 Å². The average molecular weight is 302 g/mol. The molecule has 4 nitrogen and oxygen atoms in total. The van der Waals surface area contributed by atoms with E-state index in [9.17, 15) is 17.6 Å². The summed E-state index contributed by atoms with van der Waals surface area (Å²) in [6.07, 6.45) is -7.50. The van der Waals surface area contributed by atoms with Crippen LogP contribution in [0.5, 0.6) is 0 Å². The van der Waals surface area contributed by atoms with Gasteiger partial charge in [0, 0.05) is 26.3 Å². The molecule has 0 aromatic rings. The van der Waals surface area contributed by atoms with Crippen molar-refractivity contribution in [2.75, 3.05) is 34.0 Å². The zero-order valence-electron chi connectivity index (χ0n) is 12.2. The summed E-state index contributed by atoms with van der Waals surface area (Å²) in [5.41, 5.74) is -1.18. The molecule has 1 fully saturated rings. The van der Waals surface area contributed by atoms with Gasteiger partial charge in [0.2, 0.25) is 0 Å². The van der Waals surface area contributed by atoms with E-state index in [0.29, 0.717) is 9.80 Å². The molecule has 0 aromatic carbocycles. The van der Waals surface area contributed by atoms with Crippen LogP contribution in [-0.4, -0.2) is 68.1 Å². The van der Waals surface area contributed by atoms with Crippen molar-refractivity contribution in [3.05, 3.63) is 0 Å². The topological polar surface area (TPSA) is 24.9 Å². The van der Waals surface area contributed by atoms with E-state index >= 15 is 0 Å². The van der Waals surface area contributed by atoms with Gasteiger partial charge in [-0.15, -0.1) is 0 Å². The first-order valence-corrected chi connectivity index (χ1v) is 6.44. The van der Waals surface area contributed by atoms with Gasteiger partial charge in [-0.1, -0.05) is 6.92 Å². The molecule has 0 N–H and O–H groups in total. The lowest BCUT2D eigenvalue weighted by Crippen LogP contribution is -2.57. The molecule has 0 saturated carbocycles. The maximum atomic E-state index is 14.4. The normalized spacial score (nSPS) is 30.6. The molecular formula is C12H22F4N2O2. The molecule has 0 bridgehead atoms. The number of alkyl halides is 4. The summed E-state index contributed by atoms with van der Waals surface area (Å²) in [5.74, 6) is 0. The molecule has 1 saturated heterocycles. The number of halogens is 4. The Morgan fingerprint density at radius 3 is 2.05 bits per heavy atom. The molecule has 3 atom stereocenters. The summed E-state index contributed by atoms with van der Waals surface area (Å²) < 4.78 is 65.8. The molecule has 1 rings (SSSR count). The molecule has 0 spiro atoms. The van der Waals surface area contributed by atoms with E-state index in [-0.39, 0.29) is 13.0 Å². The average Bonchev–Trinajstić information content (AvgIpc) is 2.57. The summed E-state index contributed by atoms with van der Waals surface area (Å²) >= 11 is 0. The van der Waals surface area contributed by atoms with Gasteiger partial charge in [-0.25, -0.2) is 8.78 Å². The van der Waals surface area contributed by atoms with Crippen molar-refractivity contribution in [1.29, 1.82) is 0 Å². The molecule has 1 aliphatic heterocycles. The highest BCUT2D eigenvalue weighted by Crippen LogP contribution is 2.44. The Morgan fingerprint density at radius 1 is 1.10 bits per heavy atom. The van der Waals surface area contributed by atoms with Crippen molar-refractivity contribution in [2.45, 2.75) is 44.6 Å². The molecule has 1 heterocycles. The van der Waals surface area contributed by atoms with Crippen molar-refractivity contribution in [3.8, 4) is 0 Å². The maximum Gasteiger partial charge on any atom is 0.374 e. The summed E-state index contributed by atoms with van der Waals surface area (Å²) in [5, 5.41) is 0. The van der Waals surface area contributed by atoms with Gasteiger partial charge in [0.25, 0.3) is 0 Å². The molecule has 1 aliphatic rings. The van der Waals surface area contributed by atoms with Gasteiger partial charge in [0.15, 0.2) is 12.6 Å². The van der Waals surface area contributed by atoms with Gasteiger partial charge < -0.3 is 9.47 Å². The van der Waals surface area contributed by atoms with Gasteiger partial charge >= 0.3 is 6.17 Å². The van der Waals surface area contributed by atoms with E-state index in [2.05, 4.69) is 9.47 Å². The second-order valence-corrected chi connectivity index (χ2v) is 5.14. The van der Waals surface area contributed by atoms with Crippen molar-refractivity contribution in [1.82, 2.24) is 9.80 Å². The fourth-order valence-corrected chi connectivity index (χ4v) is 2.50. The molecule has 3 unspecified atom stereocenters. The van der Waals surface area contributed by atoms with E-state index < -0.39 is 37.5 Å². The largest absolute Gasteiger partial charge is 0.380 e. The lowest BCUT2D eigenvalue weighted by molar-refractivity contribution is -0.277. The van der Waals surface area contributed by atoms with Gasteiger partial charge in [-0.05, 0) is 13.3 Å². The van der Waals surface area contributed by atoms with Crippen LogP contribution in [0.15, 0.2) is 0 Å². The minimum atomic E-state index is -3.74. The standard InChI is InChI=1S/C12H22F4N2O2/c1-5-11(2)8-17(9(13)6-19-3)12(15,16)18(11)10(14)7-20-4/h9-10H,5-8H2,1-4H3. The first-order valence-electron chi connectivity index (χ1n) is 6.44. The Hall–Kier alpha value is -0.440. The van der Waals surface area contributed by atoms with Crippen molar-refractivity contribution < 1.29 is 27.0 Å². The lowest BCUT2D eigenvalue weighted by atomic mass is 9.98. The fourth-order valence-electron chi connectivity index (χ4n) is 2.50. The first-order chi connectivity index (χ1) is 9.24. The molecule has 20 heavy (non-hydrogen) atoms. The second kappa shape index (κ2) is 6.55. The van der Waals surface area contributed by atoms with E-state index in [0.717, 1.165) is 0 Å². The van der Waals surface area contributed by atoms with E-state index in [4.69, 9.17) is 0 Å². The Balaban J connectivity index is 3.06. The Bertz CT molecular complexity index is 322. The lowest BCUT2D eigenvalue weighted by Gasteiger charge is -2.38. The van der Waals surface area contributed by atoms with Crippen LogP contribution in [0.25, 0.3) is 0 Å². The minimum absolute atomic E-state index is 0.253. The molecule has 0 aromatic heterocycles. The van der Waals surface area contributed by atoms with Gasteiger partial charge in [-0.2, -0.15) is 18.6 Å². The Labute approximate surface area is 116 Å². The van der Waals surface area contributed by atoms with Crippen molar-refractivity contribution in [3.63, 3.8) is 0 Å². The van der Waals surface area contributed by atoms with Crippen LogP contribution in [0.3, 0.4) is 0 Å². The van der Waals surface area contributed by atoms with Crippen LogP contribution in [0.4, 0.5) is 17.6 Å². The number of ether oxygens (including phenoxy) is 2. The summed E-state index contributed by atoms with van der Waals surface area (Å²) in [4.78, 5) is 0.730. The summed E-state index contributed by atoms with van der Waals surface area (Å²) in [6, 6.07) is 0. The minimum Gasteiger partial charge on any atom is -0.380 e. The first kappa shape index (κ1) is 17.6. The Kier molecular flexibility index (Phi) is 5.77. The summed E-state index contributed by atoms with van der Waals surface area (Å²) in [6.45, 7) is 1.87. The number of nitrogens with zero attached hydrogens (tertiary/aromatic N) is 2. The molecule has 0 radical (unpaired) electrons. The van der Waals surface area contributed by atoms with Crippen LogP contribution in [-0.2, 0) is 9.47 Å². The highest BCUT2D eigenvalue weighted by atomic mass is 19.3. The quantitative estimate of drug-likeness (QED) is 0.532. The smallest absolute Gasteiger partial charge is 0.374 e. The molecule has 0 aliphatic carbocycles. The predicted octanol–water partition coefficient (Wildman–Crippen LogP) is 2.21. The third-order valence-corrected chi connectivity index (χ3v) is 3.72. The van der Waals surface area contributed by atoms with Crippen molar-refractivity contribution in [2.24, 2.45) is 0 Å². The van der Waals surface area contributed by atoms with Gasteiger partial charge in [0.1, 0.15) is 0 Å².